The van der Waals surface area contributed by atoms with Crippen LogP contribution >= 0.6 is 0 Å². The zero-order valence-electron chi connectivity index (χ0n) is 21.3. The van der Waals surface area contributed by atoms with Crippen molar-refractivity contribution in [1.82, 2.24) is 25.6 Å². The molecule has 4 N–H and O–H groups in total. The van der Waals surface area contributed by atoms with Crippen molar-refractivity contribution in [2.45, 2.75) is 51.0 Å². The molecular weight excluding hydrogens is 466 g/mol. The molecule has 0 atom stereocenters. The maximum Gasteiger partial charge on any atom is 0.256 e. The van der Waals surface area contributed by atoms with Gasteiger partial charge in [-0.15, -0.1) is 6.58 Å². The zero-order chi connectivity index (χ0) is 26.2. The molecule has 1 aromatic carbocycles. The summed E-state index contributed by atoms with van der Waals surface area (Å²) in [4.78, 5) is 38.9. The third kappa shape index (κ3) is 4.89. The van der Waals surface area contributed by atoms with Crippen molar-refractivity contribution in [3.05, 3.63) is 77.6 Å². The molecular formula is C28H31N7O2. The molecule has 0 bridgehead atoms. The molecule has 9 nitrogen and oxygen atoms in total. The van der Waals surface area contributed by atoms with Crippen LogP contribution in [0.3, 0.4) is 0 Å². The SMILES string of the molecule is C=CCNC(=O)c1cnc(Nc2ccc3c(c2)CNC(=O)C32CC2)nc1Nc1cccc(C(C)(C)C)n1. The summed E-state index contributed by atoms with van der Waals surface area (Å²) in [6, 6.07) is 11.7. The van der Waals surface area contributed by atoms with Crippen LogP contribution in [0, 0.1) is 0 Å². The molecule has 2 aromatic heterocycles. The number of benzene rings is 1. The fraction of sp³-hybridized carbons (Fsp3) is 0.321. The first-order valence-corrected chi connectivity index (χ1v) is 12.4. The maximum absolute atomic E-state index is 12.8. The van der Waals surface area contributed by atoms with Crippen molar-refractivity contribution < 1.29 is 9.59 Å². The predicted octanol–water partition coefficient (Wildman–Crippen LogP) is 4.23. The Balaban J connectivity index is 1.44. The average Bonchev–Trinajstić information content (AvgIpc) is 3.67. The molecule has 1 spiro atoms. The molecule has 0 saturated heterocycles. The zero-order valence-corrected chi connectivity index (χ0v) is 21.3. The molecule has 190 valence electrons. The second-order valence-electron chi connectivity index (χ2n) is 10.5. The summed E-state index contributed by atoms with van der Waals surface area (Å²) in [5, 5.41) is 12.2. The number of amides is 2. The van der Waals surface area contributed by atoms with E-state index in [9.17, 15) is 9.59 Å². The topological polar surface area (TPSA) is 121 Å². The molecule has 5 rings (SSSR count). The lowest BCUT2D eigenvalue weighted by Gasteiger charge is -2.25. The van der Waals surface area contributed by atoms with E-state index in [4.69, 9.17) is 4.98 Å². The van der Waals surface area contributed by atoms with Crippen LogP contribution in [0.1, 0.15) is 60.8 Å². The minimum atomic E-state index is -0.352. The Bertz CT molecular complexity index is 1390. The lowest BCUT2D eigenvalue weighted by molar-refractivity contribution is -0.124. The van der Waals surface area contributed by atoms with E-state index in [1.54, 1.807) is 6.08 Å². The van der Waals surface area contributed by atoms with Gasteiger partial charge in [-0.3, -0.25) is 9.59 Å². The van der Waals surface area contributed by atoms with Crippen molar-refractivity contribution >= 4 is 35.1 Å². The van der Waals surface area contributed by atoms with Crippen LogP contribution in [-0.2, 0) is 22.2 Å². The summed E-state index contributed by atoms with van der Waals surface area (Å²) < 4.78 is 0. The number of carbonyl (C=O) groups is 2. The quantitative estimate of drug-likeness (QED) is 0.361. The molecule has 1 aliphatic carbocycles. The van der Waals surface area contributed by atoms with E-state index in [-0.39, 0.29) is 22.6 Å². The first kappa shape index (κ1) is 24.4. The number of nitrogens with zero attached hydrogens (tertiary/aromatic N) is 3. The van der Waals surface area contributed by atoms with Gasteiger partial charge in [0, 0.05) is 36.1 Å². The van der Waals surface area contributed by atoms with Crippen LogP contribution < -0.4 is 21.3 Å². The summed E-state index contributed by atoms with van der Waals surface area (Å²) in [6.07, 6.45) is 4.87. The van der Waals surface area contributed by atoms with Crippen LogP contribution in [0.2, 0.25) is 0 Å². The highest BCUT2D eigenvalue weighted by Gasteiger charge is 2.53. The van der Waals surface area contributed by atoms with Crippen molar-refractivity contribution in [1.29, 1.82) is 0 Å². The Hall–Kier alpha value is -4.27. The molecule has 1 aliphatic heterocycles. The molecule has 1 saturated carbocycles. The molecule has 1 fully saturated rings. The minimum absolute atomic E-state index is 0.120. The van der Waals surface area contributed by atoms with Gasteiger partial charge in [0.15, 0.2) is 0 Å². The molecule has 0 unspecified atom stereocenters. The molecule has 37 heavy (non-hydrogen) atoms. The van der Waals surface area contributed by atoms with E-state index in [0.717, 1.165) is 35.3 Å². The fourth-order valence-corrected chi connectivity index (χ4v) is 4.51. The van der Waals surface area contributed by atoms with Gasteiger partial charge in [0.05, 0.1) is 5.41 Å². The van der Waals surface area contributed by atoms with Gasteiger partial charge in [-0.2, -0.15) is 4.98 Å². The highest BCUT2D eigenvalue weighted by atomic mass is 16.2. The first-order valence-electron chi connectivity index (χ1n) is 12.4. The van der Waals surface area contributed by atoms with E-state index in [1.165, 1.54) is 6.20 Å². The lowest BCUT2D eigenvalue weighted by Crippen LogP contribution is -2.39. The highest BCUT2D eigenvalue weighted by molar-refractivity contribution is 5.99. The lowest BCUT2D eigenvalue weighted by atomic mass is 9.87. The smallest absolute Gasteiger partial charge is 0.256 e. The monoisotopic (exact) mass is 497 g/mol. The Morgan fingerprint density at radius 2 is 1.97 bits per heavy atom. The number of aromatic nitrogens is 3. The number of hydrogen-bond donors (Lipinski definition) is 4. The summed E-state index contributed by atoms with van der Waals surface area (Å²) in [6.45, 7) is 10.7. The number of carbonyl (C=O) groups excluding carboxylic acids is 2. The Morgan fingerprint density at radius 3 is 2.70 bits per heavy atom. The number of anilines is 4. The van der Waals surface area contributed by atoms with Crippen LogP contribution in [0.15, 0.2) is 55.3 Å². The normalized spacial score (nSPS) is 15.4. The minimum Gasteiger partial charge on any atom is -0.351 e. The van der Waals surface area contributed by atoms with Crippen molar-refractivity contribution in [2.75, 3.05) is 17.2 Å². The predicted molar refractivity (Wildman–Crippen MR) is 143 cm³/mol. The van der Waals surface area contributed by atoms with Crippen LogP contribution in [0.4, 0.5) is 23.3 Å². The van der Waals surface area contributed by atoms with Crippen LogP contribution in [-0.4, -0.2) is 33.3 Å². The standard InChI is InChI=1S/C28H31N7O2/c1-5-13-29-24(36)19-16-31-26(35-23(19)34-22-8-6-7-21(33-22)27(2,3)4)32-18-9-10-20-17(14-18)15-30-25(37)28(20)11-12-28/h5-10,14,16H,1,11-13,15H2,2-4H3,(H,29,36)(H,30,37)(H2,31,32,33,34,35). The Labute approximate surface area is 216 Å². The maximum atomic E-state index is 12.8. The molecule has 0 radical (unpaired) electrons. The second-order valence-corrected chi connectivity index (χ2v) is 10.5. The van der Waals surface area contributed by atoms with Crippen LogP contribution in [0.25, 0.3) is 0 Å². The highest BCUT2D eigenvalue weighted by Crippen LogP contribution is 2.51. The Morgan fingerprint density at radius 1 is 1.16 bits per heavy atom. The van der Waals surface area contributed by atoms with Crippen molar-refractivity contribution in [3.63, 3.8) is 0 Å². The summed E-state index contributed by atoms with van der Waals surface area (Å²) in [5.41, 5.74) is 3.71. The van der Waals surface area contributed by atoms with Gasteiger partial charge >= 0.3 is 0 Å². The largest absolute Gasteiger partial charge is 0.351 e. The van der Waals surface area contributed by atoms with Crippen molar-refractivity contribution in [3.8, 4) is 0 Å². The van der Waals surface area contributed by atoms with Gasteiger partial charge < -0.3 is 21.3 Å². The molecule has 9 heteroatoms. The number of nitrogens with one attached hydrogen (secondary N) is 4. The molecule has 3 heterocycles. The number of hydrogen-bond acceptors (Lipinski definition) is 7. The number of rotatable bonds is 7. The van der Waals surface area contributed by atoms with E-state index in [0.29, 0.717) is 36.2 Å². The molecule has 3 aromatic rings. The summed E-state index contributed by atoms with van der Waals surface area (Å²) >= 11 is 0. The first-order chi connectivity index (χ1) is 17.7. The van der Waals surface area contributed by atoms with Gasteiger partial charge in [0.25, 0.3) is 5.91 Å². The van der Waals surface area contributed by atoms with E-state index in [1.807, 2.05) is 36.4 Å². The van der Waals surface area contributed by atoms with E-state index >= 15 is 0 Å². The van der Waals surface area contributed by atoms with Gasteiger partial charge in [0.1, 0.15) is 17.2 Å². The third-order valence-electron chi connectivity index (χ3n) is 6.71. The molecule has 2 aliphatic rings. The van der Waals surface area contributed by atoms with Gasteiger partial charge in [-0.05, 0) is 48.2 Å². The van der Waals surface area contributed by atoms with Gasteiger partial charge in [0.2, 0.25) is 11.9 Å². The van der Waals surface area contributed by atoms with E-state index < -0.39 is 0 Å². The van der Waals surface area contributed by atoms with Gasteiger partial charge in [-0.1, -0.05) is 39.0 Å². The Kier molecular flexibility index (Phi) is 6.15. The van der Waals surface area contributed by atoms with Gasteiger partial charge in [-0.25, -0.2) is 9.97 Å². The van der Waals surface area contributed by atoms with Crippen LogP contribution in [0.5, 0.6) is 0 Å². The summed E-state index contributed by atoms with van der Waals surface area (Å²) in [7, 11) is 0. The summed E-state index contributed by atoms with van der Waals surface area (Å²) in [5.74, 6) is 1.04. The second kappa shape index (κ2) is 9.31. The fourth-order valence-electron chi connectivity index (χ4n) is 4.51. The van der Waals surface area contributed by atoms with E-state index in [2.05, 4.69) is 58.6 Å². The molecule has 2 amide bonds. The average molecular weight is 498 g/mol. The third-order valence-corrected chi connectivity index (χ3v) is 6.71. The number of pyridine rings is 1. The number of fused-ring (bicyclic) bond motifs is 2. The van der Waals surface area contributed by atoms with Crippen molar-refractivity contribution in [2.24, 2.45) is 0 Å².